The minimum absolute atomic E-state index is 0.677. The fourth-order valence-corrected chi connectivity index (χ4v) is 1.03. The van der Waals surface area contributed by atoms with E-state index < -0.39 is 0 Å². The lowest BCUT2D eigenvalue weighted by Gasteiger charge is -1.98. The third kappa shape index (κ3) is 1.28. The second-order valence-corrected chi connectivity index (χ2v) is 3.74. The normalized spacial score (nSPS) is 33.0. The molecule has 1 saturated heterocycles. The molecule has 0 aliphatic carbocycles. The molecule has 0 aromatic rings. The van der Waals surface area contributed by atoms with Crippen molar-refractivity contribution < 1.29 is 4.74 Å². The van der Waals surface area contributed by atoms with Gasteiger partial charge in [-0.25, -0.2) is 0 Å². The van der Waals surface area contributed by atoms with Crippen molar-refractivity contribution in [3.8, 4) is 0 Å². The molecule has 0 radical (unpaired) electrons. The molecule has 0 bridgehead atoms. The Labute approximate surface area is 47.5 Å². The van der Waals surface area contributed by atoms with Crippen LogP contribution in [0.1, 0.15) is 13.3 Å². The summed E-state index contributed by atoms with van der Waals surface area (Å²) < 4.78 is 5.10. The molecular weight excluding hydrogens is 104 g/mol. The zero-order valence-electron chi connectivity index (χ0n) is 4.98. The summed E-state index contributed by atoms with van der Waals surface area (Å²) in [5, 5.41) is 0. The molecule has 1 aliphatic rings. The fraction of sp³-hybridized carbons (Fsp3) is 1.00. The van der Waals surface area contributed by atoms with Gasteiger partial charge in [0.1, 0.15) is 0 Å². The van der Waals surface area contributed by atoms with Crippen LogP contribution in [0.3, 0.4) is 0 Å². The predicted octanol–water partition coefficient (Wildman–Crippen LogP) is -0.0509. The highest BCUT2D eigenvalue weighted by Gasteiger charge is 2.27. The Morgan fingerprint density at radius 3 is 2.71 bits per heavy atom. The molecule has 2 heteroatoms. The smallest absolute Gasteiger partial charge is 0.0805 e. The van der Waals surface area contributed by atoms with Gasteiger partial charge in [0.2, 0.25) is 0 Å². The standard InChI is InChI=1S/C5H12OSi/c1-2-5(7)4-3-6-4/h4-5H,2-3H2,1,7H3. The van der Waals surface area contributed by atoms with Gasteiger partial charge in [-0.15, -0.1) is 0 Å². The Hall–Kier alpha value is 0.177. The lowest BCUT2D eigenvalue weighted by Crippen LogP contribution is -1.97. The first-order valence-electron chi connectivity index (χ1n) is 2.96. The molecule has 2 atom stereocenters. The van der Waals surface area contributed by atoms with Gasteiger partial charge in [-0.1, -0.05) is 13.3 Å². The average molecular weight is 116 g/mol. The van der Waals surface area contributed by atoms with Crippen LogP contribution in [0.25, 0.3) is 0 Å². The molecule has 0 spiro atoms. The van der Waals surface area contributed by atoms with Crippen molar-refractivity contribution >= 4 is 10.2 Å². The molecule has 1 heterocycles. The van der Waals surface area contributed by atoms with E-state index in [1.54, 1.807) is 0 Å². The molecule has 2 unspecified atom stereocenters. The van der Waals surface area contributed by atoms with Gasteiger partial charge in [-0.05, 0) is 5.54 Å². The van der Waals surface area contributed by atoms with Gasteiger partial charge in [-0.3, -0.25) is 0 Å². The summed E-state index contributed by atoms with van der Waals surface area (Å²) in [5.41, 5.74) is 0.931. The first-order valence-corrected chi connectivity index (χ1v) is 4.11. The second kappa shape index (κ2) is 1.97. The van der Waals surface area contributed by atoms with Crippen LogP contribution < -0.4 is 0 Å². The van der Waals surface area contributed by atoms with Crippen LogP contribution in [0.15, 0.2) is 0 Å². The molecule has 1 nitrogen and oxygen atoms in total. The summed E-state index contributed by atoms with van der Waals surface area (Å²) in [6.07, 6.45) is 1.99. The SMILES string of the molecule is CCC([SiH3])C1CO1. The third-order valence-corrected chi connectivity index (χ3v) is 3.20. The van der Waals surface area contributed by atoms with E-state index in [0.29, 0.717) is 6.10 Å². The van der Waals surface area contributed by atoms with Crippen molar-refractivity contribution in [2.75, 3.05) is 6.61 Å². The Morgan fingerprint density at radius 2 is 2.57 bits per heavy atom. The van der Waals surface area contributed by atoms with Crippen LogP contribution in [-0.2, 0) is 4.74 Å². The predicted molar refractivity (Wildman–Crippen MR) is 33.7 cm³/mol. The highest BCUT2D eigenvalue weighted by atomic mass is 28.1. The van der Waals surface area contributed by atoms with Gasteiger partial charge in [0.15, 0.2) is 0 Å². The number of epoxide rings is 1. The highest BCUT2D eigenvalue weighted by Crippen LogP contribution is 2.24. The number of rotatable bonds is 2. The molecule has 0 aromatic carbocycles. The van der Waals surface area contributed by atoms with E-state index >= 15 is 0 Å². The van der Waals surface area contributed by atoms with Crippen molar-refractivity contribution in [1.29, 1.82) is 0 Å². The maximum atomic E-state index is 5.10. The number of ether oxygens (including phenoxy) is 1. The van der Waals surface area contributed by atoms with Gasteiger partial charge in [-0.2, -0.15) is 0 Å². The molecule has 42 valence electrons. The molecule has 1 aliphatic heterocycles. The summed E-state index contributed by atoms with van der Waals surface area (Å²) in [7, 11) is 1.31. The number of hydrogen-bond acceptors (Lipinski definition) is 1. The first-order chi connectivity index (χ1) is 3.34. The maximum Gasteiger partial charge on any atom is 0.0805 e. The van der Waals surface area contributed by atoms with Crippen LogP contribution >= 0.6 is 0 Å². The topological polar surface area (TPSA) is 12.5 Å². The average Bonchev–Trinajstić information content (AvgIpc) is 2.44. The van der Waals surface area contributed by atoms with Crippen LogP contribution in [-0.4, -0.2) is 23.0 Å². The molecule has 1 rings (SSSR count). The quantitative estimate of drug-likeness (QED) is 0.364. The lowest BCUT2D eigenvalue weighted by atomic mass is 10.3. The lowest BCUT2D eigenvalue weighted by molar-refractivity contribution is 0.395. The van der Waals surface area contributed by atoms with Crippen molar-refractivity contribution in [3.63, 3.8) is 0 Å². The Kier molecular flexibility index (Phi) is 1.49. The van der Waals surface area contributed by atoms with Crippen molar-refractivity contribution in [2.45, 2.75) is 25.0 Å². The molecule has 0 amide bonds. The van der Waals surface area contributed by atoms with Gasteiger partial charge in [0, 0.05) is 10.2 Å². The van der Waals surface area contributed by atoms with E-state index in [4.69, 9.17) is 4.74 Å². The third-order valence-electron chi connectivity index (χ3n) is 1.64. The number of hydrogen-bond donors (Lipinski definition) is 0. The largest absolute Gasteiger partial charge is 0.373 e. The maximum absolute atomic E-state index is 5.10. The van der Waals surface area contributed by atoms with E-state index in [-0.39, 0.29) is 0 Å². The van der Waals surface area contributed by atoms with Gasteiger partial charge in [0.05, 0.1) is 12.7 Å². The first kappa shape index (κ1) is 5.32. The monoisotopic (exact) mass is 116 g/mol. The molecule has 1 fully saturated rings. The minimum atomic E-state index is 0.677. The fourth-order valence-electron chi connectivity index (χ4n) is 0.647. The van der Waals surface area contributed by atoms with Crippen LogP contribution in [0.5, 0.6) is 0 Å². The van der Waals surface area contributed by atoms with Crippen LogP contribution in [0.4, 0.5) is 0 Å². The second-order valence-electron chi connectivity index (χ2n) is 2.26. The van der Waals surface area contributed by atoms with E-state index in [1.807, 2.05) is 0 Å². The van der Waals surface area contributed by atoms with E-state index in [9.17, 15) is 0 Å². The molecule has 7 heavy (non-hydrogen) atoms. The zero-order valence-corrected chi connectivity index (χ0v) is 6.98. The van der Waals surface area contributed by atoms with Crippen LogP contribution in [0, 0.1) is 0 Å². The van der Waals surface area contributed by atoms with E-state index in [0.717, 1.165) is 12.1 Å². The van der Waals surface area contributed by atoms with Gasteiger partial charge in [0.25, 0.3) is 0 Å². The molecular formula is C5H12OSi. The molecule has 0 saturated carbocycles. The van der Waals surface area contributed by atoms with Gasteiger partial charge < -0.3 is 4.74 Å². The van der Waals surface area contributed by atoms with Crippen molar-refractivity contribution in [1.82, 2.24) is 0 Å². The summed E-state index contributed by atoms with van der Waals surface area (Å²) >= 11 is 0. The Balaban J connectivity index is 2.10. The van der Waals surface area contributed by atoms with E-state index in [2.05, 4.69) is 6.92 Å². The summed E-state index contributed by atoms with van der Waals surface area (Å²) in [6.45, 7) is 3.28. The Morgan fingerprint density at radius 1 is 2.00 bits per heavy atom. The van der Waals surface area contributed by atoms with Crippen molar-refractivity contribution in [3.05, 3.63) is 0 Å². The molecule has 0 aromatic heterocycles. The molecule has 0 N–H and O–H groups in total. The summed E-state index contributed by atoms with van der Waals surface area (Å²) in [6, 6.07) is 0. The van der Waals surface area contributed by atoms with Crippen molar-refractivity contribution in [2.24, 2.45) is 0 Å². The van der Waals surface area contributed by atoms with Crippen LogP contribution in [0.2, 0.25) is 5.54 Å². The van der Waals surface area contributed by atoms with E-state index in [1.165, 1.54) is 16.7 Å². The Bertz CT molecular complexity index is 61.1. The summed E-state index contributed by atoms with van der Waals surface area (Å²) in [5.74, 6) is 0. The highest BCUT2D eigenvalue weighted by molar-refractivity contribution is 6.12. The summed E-state index contributed by atoms with van der Waals surface area (Å²) in [4.78, 5) is 0. The zero-order chi connectivity index (χ0) is 5.28. The van der Waals surface area contributed by atoms with Gasteiger partial charge >= 0.3 is 0 Å². The minimum Gasteiger partial charge on any atom is -0.373 e.